The predicted octanol–water partition coefficient (Wildman–Crippen LogP) is 4.85. The van der Waals surface area contributed by atoms with Gasteiger partial charge < -0.3 is 20.1 Å². The molecular formula is C25H22F4N2O4. The molecule has 0 aromatic heterocycles. The zero-order valence-electron chi connectivity index (χ0n) is 18.4. The van der Waals surface area contributed by atoms with Crippen molar-refractivity contribution < 1.29 is 36.6 Å². The van der Waals surface area contributed by atoms with Crippen LogP contribution >= 0.6 is 0 Å². The lowest BCUT2D eigenvalue weighted by atomic mass is 10.1. The highest BCUT2D eigenvalue weighted by Crippen LogP contribution is 2.19. The first kappa shape index (κ1) is 25.7. The molecule has 0 unspecified atom stereocenters. The first-order valence-corrected chi connectivity index (χ1v) is 10.5. The Morgan fingerprint density at radius 3 is 2.23 bits per heavy atom. The molecule has 0 fully saturated rings. The van der Waals surface area contributed by atoms with Crippen LogP contribution in [0.5, 0.6) is 5.75 Å². The third-order valence-electron chi connectivity index (χ3n) is 4.65. The van der Waals surface area contributed by atoms with Crippen molar-refractivity contribution in [2.24, 2.45) is 0 Å². The fourth-order valence-electron chi connectivity index (χ4n) is 2.99. The monoisotopic (exact) mass is 490 g/mol. The van der Waals surface area contributed by atoms with E-state index >= 15 is 0 Å². The lowest BCUT2D eigenvalue weighted by Gasteiger charge is -2.12. The summed E-state index contributed by atoms with van der Waals surface area (Å²) < 4.78 is 60.2. The molecule has 6 nitrogen and oxygen atoms in total. The van der Waals surface area contributed by atoms with Gasteiger partial charge in [-0.05, 0) is 35.4 Å². The van der Waals surface area contributed by atoms with E-state index in [-0.39, 0.29) is 30.2 Å². The van der Waals surface area contributed by atoms with Crippen molar-refractivity contribution in [1.82, 2.24) is 5.32 Å². The number of nitrogens with one attached hydrogen (secondary N) is 2. The average Bonchev–Trinajstić information content (AvgIpc) is 2.83. The summed E-state index contributed by atoms with van der Waals surface area (Å²) in [6, 6.07) is 18.6. The normalized spacial score (nSPS) is 11.1. The van der Waals surface area contributed by atoms with E-state index < -0.39 is 37.0 Å². The number of alkyl halides is 3. The van der Waals surface area contributed by atoms with Crippen molar-refractivity contribution in [2.45, 2.75) is 19.3 Å². The van der Waals surface area contributed by atoms with Crippen LogP contribution in [0.25, 0.3) is 0 Å². The molecule has 184 valence electrons. The molecule has 2 N–H and O–H groups in total. The summed E-state index contributed by atoms with van der Waals surface area (Å²) in [5.74, 6) is -1.45. The maximum absolute atomic E-state index is 13.7. The van der Waals surface area contributed by atoms with Gasteiger partial charge in [-0.25, -0.2) is 4.39 Å². The van der Waals surface area contributed by atoms with E-state index in [4.69, 9.17) is 4.74 Å². The van der Waals surface area contributed by atoms with Crippen LogP contribution in [0.15, 0.2) is 72.8 Å². The SMILES string of the molecule is O=C(COc1ccccc1C(=O)NCc1ccc(COCC(F)(F)F)cc1)Nc1ccccc1F. The molecule has 0 aliphatic heterocycles. The van der Waals surface area contributed by atoms with Gasteiger partial charge in [-0.2, -0.15) is 13.2 Å². The first-order chi connectivity index (χ1) is 16.7. The molecule has 10 heteroatoms. The molecule has 3 rings (SSSR count). The Morgan fingerprint density at radius 1 is 0.857 bits per heavy atom. The van der Waals surface area contributed by atoms with Gasteiger partial charge in [0.15, 0.2) is 6.61 Å². The number of carbonyl (C=O) groups excluding carboxylic acids is 2. The minimum Gasteiger partial charge on any atom is -0.483 e. The highest BCUT2D eigenvalue weighted by atomic mass is 19.4. The molecule has 35 heavy (non-hydrogen) atoms. The van der Waals surface area contributed by atoms with Gasteiger partial charge in [-0.3, -0.25) is 9.59 Å². The number of halogens is 4. The molecule has 0 aliphatic carbocycles. The standard InChI is InChI=1S/C25H22F4N2O4/c26-20-6-2-3-7-21(20)31-23(32)15-35-22-8-4-1-5-19(22)24(33)30-13-17-9-11-18(12-10-17)14-34-16-25(27,28)29/h1-12H,13-16H2,(H,30,33)(H,31,32). The molecule has 2 amide bonds. The van der Waals surface area contributed by atoms with Crippen LogP contribution in [-0.2, 0) is 22.7 Å². The van der Waals surface area contributed by atoms with E-state index in [1.807, 2.05) is 0 Å². The van der Waals surface area contributed by atoms with Crippen LogP contribution in [-0.4, -0.2) is 31.2 Å². The van der Waals surface area contributed by atoms with E-state index in [9.17, 15) is 27.2 Å². The number of benzene rings is 3. The third-order valence-corrected chi connectivity index (χ3v) is 4.65. The third kappa shape index (κ3) is 8.42. The summed E-state index contributed by atoms with van der Waals surface area (Å²) >= 11 is 0. The number of hydrogen-bond acceptors (Lipinski definition) is 4. The van der Waals surface area contributed by atoms with Crippen molar-refractivity contribution in [3.05, 3.63) is 95.3 Å². The van der Waals surface area contributed by atoms with Gasteiger partial charge in [-0.1, -0.05) is 48.5 Å². The van der Waals surface area contributed by atoms with Gasteiger partial charge in [0.2, 0.25) is 0 Å². The van der Waals surface area contributed by atoms with E-state index in [1.54, 1.807) is 42.5 Å². The summed E-state index contributed by atoms with van der Waals surface area (Å²) in [6.45, 7) is -1.78. The fourth-order valence-corrected chi connectivity index (χ4v) is 2.99. The van der Waals surface area contributed by atoms with Crippen molar-refractivity contribution in [3.8, 4) is 5.75 Å². The molecule has 0 atom stereocenters. The Bertz CT molecular complexity index is 1150. The van der Waals surface area contributed by atoms with Crippen molar-refractivity contribution in [1.29, 1.82) is 0 Å². The predicted molar refractivity (Wildman–Crippen MR) is 120 cm³/mol. The summed E-state index contributed by atoms with van der Waals surface area (Å²) in [4.78, 5) is 24.8. The van der Waals surface area contributed by atoms with E-state index in [1.165, 1.54) is 30.3 Å². The van der Waals surface area contributed by atoms with Crippen LogP contribution in [0.3, 0.4) is 0 Å². The Labute approximate surface area is 198 Å². The summed E-state index contributed by atoms with van der Waals surface area (Å²) in [6.07, 6.45) is -4.38. The summed E-state index contributed by atoms with van der Waals surface area (Å²) in [5.41, 5.74) is 1.51. The molecule has 0 saturated heterocycles. The van der Waals surface area contributed by atoms with Crippen molar-refractivity contribution in [3.63, 3.8) is 0 Å². The number of amides is 2. The van der Waals surface area contributed by atoms with Crippen LogP contribution in [0, 0.1) is 5.82 Å². The molecule has 0 saturated carbocycles. The molecule has 0 radical (unpaired) electrons. The Kier molecular flexibility index (Phi) is 8.80. The maximum Gasteiger partial charge on any atom is 0.411 e. The molecule has 3 aromatic carbocycles. The largest absolute Gasteiger partial charge is 0.483 e. The molecule has 0 heterocycles. The van der Waals surface area contributed by atoms with E-state index in [2.05, 4.69) is 15.4 Å². The highest BCUT2D eigenvalue weighted by molar-refractivity contribution is 5.97. The Morgan fingerprint density at radius 2 is 1.51 bits per heavy atom. The van der Waals surface area contributed by atoms with Crippen molar-refractivity contribution in [2.75, 3.05) is 18.5 Å². The second-order valence-electron chi connectivity index (χ2n) is 7.42. The summed E-state index contributed by atoms with van der Waals surface area (Å²) in [7, 11) is 0. The van der Waals surface area contributed by atoms with Gasteiger partial charge in [0, 0.05) is 6.54 Å². The Hall–Kier alpha value is -3.92. The highest BCUT2D eigenvalue weighted by Gasteiger charge is 2.27. The Balaban J connectivity index is 1.51. The van der Waals surface area contributed by atoms with Crippen molar-refractivity contribution >= 4 is 17.5 Å². The minimum absolute atomic E-state index is 0.0186. The smallest absolute Gasteiger partial charge is 0.411 e. The number of anilines is 1. The van der Waals surface area contributed by atoms with E-state index in [0.29, 0.717) is 5.56 Å². The zero-order valence-corrected chi connectivity index (χ0v) is 18.4. The van der Waals surface area contributed by atoms with Crippen LogP contribution in [0.4, 0.5) is 23.2 Å². The number of rotatable bonds is 10. The van der Waals surface area contributed by atoms with Gasteiger partial charge >= 0.3 is 6.18 Å². The number of para-hydroxylation sites is 2. The topological polar surface area (TPSA) is 76.7 Å². The molecule has 0 spiro atoms. The fraction of sp³-hybridized carbons (Fsp3) is 0.200. The lowest BCUT2D eigenvalue weighted by molar-refractivity contribution is -0.176. The van der Waals surface area contributed by atoms with Gasteiger partial charge in [0.1, 0.15) is 18.2 Å². The lowest BCUT2D eigenvalue weighted by Crippen LogP contribution is -2.25. The number of carbonyl (C=O) groups is 2. The van der Waals surface area contributed by atoms with Crippen LogP contribution in [0.2, 0.25) is 0 Å². The molecule has 0 aliphatic rings. The number of hydrogen-bond donors (Lipinski definition) is 2. The second kappa shape index (κ2) is 12.0. The molecule has 0 bridgehead atoms. The zero-order chi connectivity index (χ0) is 25.3. The van der Waals surface area contributed by atoms with Gasteiger partial charge in [-0.15, -0.1) is 0 Å². The molecule has 3 aromatic rings. The average molecular weight is 490 g/mol. The maximum atomic E-state index is 13.7. The summed E-state index contributed by atoms with van der Waals surface area (Å²) in [5, 5.41) is 5.12. The number of ether oxygens (including phenoxy) is 2. The minimum atomic E-state index is -4.38. The first-order valence-electron chi connectivity index (χ1n) is 10.5. The van der Waals surface area contributed by atoms with Crippen LogP contribution in [0.1, 0.15) is 21.5 Å². The molecular weight excluding hydrogens is 468 g/mol. The quantitative estimate of drug-likeness (QED) is 0.399. The second-order valence-corrected chi connectivity index (χ2v) is 7.42. The van der Waals surface area contributed by atoms with E-state index in [0.717, 1.165) is 5.56 Å². The van der Waals surface area contributed by atoms with Gasteiger partial charge in [0.25, 0.3) is 11.8 Å². The van der Waals surface area contributed by atoms with Crippen LogP contribution < -0.4 is 15.4 Å². The van der Waals surface area contributed by atoms with Gasteiger partial charge in [0.05, 0.1) is 17.9 Å².